The predicted molar refractivity (Wildman–Crippen MR) is 155 cm³/mol. The Bertz CT molecular complexity index is 1380. The zero-order valence-electron chi connectivity index (χ0n) is 20.7. The fraction of sp³-hybridized carbons (Fsp3) is 0.129. The van der Waals surface area contributed by atoms with Crippen molar-refractivity contribution in [1.82, 2.24) is 4.98 Å². The second-order valence-corrected chi connectivity index (χ2v) is 12.6. The Hall–Kier alpha value is -2.70. The van der Waals surface area contributed by atoms with Gasteiger partial charge in [0, 0.05) is 13.1 Å². The number of hydrogen-bond acceptors (Lipinski definition) is 4. The maximum absolute atomic E-state index is 6.69. The average molecular weight is 653 g/mol. The first-order chi connectivity index (χ1) is 18.3. The van der Waals surface area contributed by atoms with Gasteiger partial charge in [-0.25, -0.2) is 0 Å². The summed E-state index contributed by atoms with van der Waals surface area (Å²) in [6.45, 7) is 2.77. The molecule has 4 nitrogen and oxygen atoms in total. The molecular formula is C31H27ClIN2O2P. The van der Waals surface area contributed by atoms with Crippen molar-refractivity contribution in [1.29, 1.82) is 0 Å². The minimum absolute atomic E-state index is 0. The molecule has 4 aromatic carbocycles. The Balaban J connectivity index is 0.00000294. The van der Waals surface area contributed by atoms with Crippen LogP contribution in [0, 0.1) is 0 Å². The van der Waals surface area contributed by atoms with Gasteiger partial charge < -0.3 is 38.0 Å². The van der Waals surface area contributed by atoms with Crippen LogP contribution in [0.5, 0.6) is 0 Å². The Morgan fingerprint density at radius 3 is 1.63 bits per heavy atom. The fourth-order valence-electron chi connectivity index (χ4n) is 5.01. The SMILES string of the molecule is Clc1ccccc1-c1nc([P+](c2ccccc2)(c2ccccc2)c2ccccc2)c(N2CCOCC2)o1.[I-]. The molecule has 0 amide bonds. The number of ether oxygens (including phenoxy) is 1. The number of benzene rings is 4. The number of anilines is 1. The number of oxazole rings is 1. The quantitative estimate of drug-likeness (QED) is 0.209. The van der Waals surface area contributed by atoms with Gasteiger partial charge in [-0.1, -0.05) is 78.3 Å². The van der Waals surface area contributed by atoms with E-state index in [1.807, 2.05) is 24.3 Å². The Morgan fingerprint density at radius 2 is 1.13 bits per heavy atom. The molecule has 1 fully saturated rings. The summed E-state index contributed by atoms with van der Waals surface area (Å²) < 4.78 is 12.4. The van der Waals surface area contributed by atoms with Crippen molar-refractivity contribution in [3.8, 4) is 11.5 Å². The lowest BCUT2D eigenvalue weighted by Gasteiger charge is -2.30. The molecule has 1 aromatic heterocycles. The van der Waals surface area contributed by atoms with Crippen LogP contribution in [-0.2, 0) is 4.74 Å². The third kappa shape index (κ3) is 4.89. The number of hydrogen-bond donors (Lipinski definition) is 0. The second kappa shape index (κ2) is 12.0. The summed E-state index contributed by atoms with van der Waals surface area (Å²) in [5, 5.41) is 4.29. The molecule has 5 aromatic rings. The van der Waals surface area contributed by atoms with Gasteiger partial charge in [-0.3, -0.25) is 0 Å². The van der Waals surface area contributed by atoms with Gasteiger partial charge in [-0.05, 0) is 48.5 Å². The topological polar surface area (TPSA) is 38.5 Å². The van der Waals surface area contributed by atoms with E-state index in [9.17, 15) is 0 Å². The highest BCUT2D eigenvalue weighted by Crippen LogP contribution is 2.56. The molecule has 1 saturated heterocycles. The largest absolute Gasteiger partial charge is 1.00 e. The first kappa shape index (κ1) is 26.9. The molecule has 0 radical (unpaired) electrons. The predicted octanol–water partition coefficient (Wildman–Crippen LogP) is 2.46. The highest BCUT2D eigenvalue weighted by Gasteiger charge is 2.53. The van der Waals surface area contributed by atoms with Crippen LogP contribution in [-0.4, -0.2) is 31.3 Å². The Kier molecular flexibility index (Phi) is 8.49. The van der Waals surface area contributed by atoms with E-state index in [-0.39, 0.29) is 24.0 Å². The Morgan fingerprint density at radius 1 is 0.658 bits per heavy atom. The number of nitrogens with zero attached hydrogens (tertiary/aromatic N) is 2. The molecule has 0 aliphatic carbocycles. The monoisotopic (exact) mass is 652 g/mol. The molecule has 38 heavy (non-hydrogen) atoms. The summed E-state index contributed by atoms with van der Waals surface area (Å²) in [4.78, 5) is 7.61. The highest BCUT2D eigenvalue weighted by atomic mass is 127. The van der Waals surface area contributed by atoms with E-state index < -0.39 is 7.26 Å². The number of morpholine rings is 1. The van der Waals surface area contributed by atoms with Crippen molar-refractivity contribution in [3.63, 3.8) is 0 Å². The molecule has 6 rings (SSSR count). The van der Waals surface area contributed by atoms with Gasteiger partial charge in [0.2, 0.25) is 5.89 Å². The first-order valence-electron chi connectivity index (χ1n) is 12.4. The van der Waals surface area contributed by atoms with Crippen molar-refractivity contribution < 1.29 is 33.1 Å². The van der Waals surface area contributed by atoms with Crippen LogP contribution < -0.4 is 50.2 Å². The van der Waals surface area contributed by atoms with Gasteiger partial charge in [0.15, 0.2) is 7.26 Å². The third-order valence-corrected chi connectivity index (χ3v) is 11.2. The third-order valence-electron chi connectivity index (χ3n) is 6.74. The molecule has 1 aliphatic heterocycles. The molecule has 192 valence electrons. The molecule has 0 bridgehead atoms. The lowest BCUT2D eigenvalue weighted by molar-refractivity contribution is -0.00000826. The molecule has 0 atom stereocenters. The summed E-state index contributed by atoms with van der Waals surface area (Å²) in [6, 6.07) is 39.9. The van der Waals surface area contributed by atoms with Gasteiger partial charge >= 0.3 is 0 Å². The van der Waals surface area contributed by atoms with E-state index in [4.69, 9.17) is 25.7 Å². The summed E-state index contributed by atoms with van der Waals surface area (Å²) in [7, 11) is -2.46. The first-order valence-corrected chi connectivity index (χ1v) is 14.6. The van der Waals surface area contributed by atoms with E-state index in [1.165, 1.54) is 15.9 Å². The van der Waals surface area contributed by atoms with Gasteiger partial charge in [0.25, 0.3) is 11.3 Å². The lowest BCUT2D eigenvalue weighted by Crippen LogP contribution is -3.00. The normalized spacial score (nSPS) is 13.7. The molecular weight excluding hydrogens is 626 g/mol. The van der Waals surface area contributed by atoms with Crippen LogP contribution in [0.4, 0.5) is 5.88 Å². The van der Waals surface area contributed by atoms with Crippen molar-refractivity contribution in [2.45, 2.75) is 0 Å². The Labute approximate surface area is 246 Å². The summed E-state index contributed by atoms with van der Waals surface area (Å²) in [5.41, 5.74) is 1.74. The zero-order chi connectivity index (χ0) is 25.1. The zero-order valence-corrected chi connectivity index (χ0v) is 24.5. The standard InChI is InChI=1S/C31H27ClN2O2P.HI/c32-28-19-11-10-18-27(28)29-33-30(31(36-29)34-20-22-35-23-21-34)37(24-12-4-1-5-13-24,25-14-6-2-7-15-25)26-16-8-3-9-17-26;/h1-19H,20-23H2;1H/q+1;/p-1. The minimum Gasteiger partial charge on any atom is -1.00 e. The lowest BCUT2D eigenvalue weighted by atomic mass is 10.2. The number of aromatic nitrogens is 1. The van der Waals surface area contributed by atoms with Crippen molar-refractivity contribution >= 4 is 46.1 Å². The van der Waals surface area contributed by atoms with E-state index in [0.717, 1.165) is 30.0 Å². The second-order valence-electron chi connectivity index (χ2n) is 8.90. The van der Waals surface area contributed by atoms with Crippen molar-refractivity contribution in [2.24, 2.45) is 0 Å². The van der Waals surface area contributed by atoms with Crippen molar-refractivity contribution in [3.05, 3.63) is 120 Å². The maximum Gasteiger partial charge on any atom is 0.262 e. The molecule has 0 unspecified atom stereocenters. The highest BCUT2D eigenvalue weighted by molar-refractivity contribution is 8.01. The van der Waals surface area contributed by atoms with E-state index in [1.54, 1.807) is 0 Å². The van der Waals surface area contributed by atoms with Crippen molar-refractivity contribution in [2.75, 3.05) is 31.2 Å². The van der Waals surface area contributed by atoms with Crippen LogP contribution in [0.15, 0.2) is 120 Å². The van der Waals surface area contributed by atoms with Crippen LogP contribution in [0.3, 0.4) is 0 Å². The van der Waals surface area contributed by atoms with Crippen LogP contribution >= 0.6 is 18.9 Å². The van der Waals surface area contributed by atoms with Gasteiger partial charge in [0.1, 0.15) is 15.9 Å². The molecule has 0 spiro atoms. The van der Waals surface area contributed by atoms with E-state index >= 15 is 0 Å². The smallest absolute Gasteiger partial charge is 0.262 e. The van der Waals surface area contributed by atoms with Gasteiger partial charge in [0.05, 0.1) is 23.8 Å². The van der Waals surface area contributed by atoms with Gasteiger partial charge in [-0.15, -0.1) is 0 Å². The average Bonchev–Trinajstić information content (AvgIpc) is 3.41. The number of halogens is 2. The van der Waals surface area contributed by atoms with Crippen LogP contribution in [0.1, 0.15) is 0 Å². The molecule has 2 heterocycles. The molecule has 1 aliphatic rings. The minimum atomic E-state index is -2.46. The molecule has 0 N–H and O–H groups in total. The molecule has 0 saturated carbocycles. The van der Waals surface area contributed by atoms with E-state index in [2.05, 4.69) is 95.9 Å². The fourth-order valence-corrected chi connectivity index (χ4v) is 9.43. The van der Waals surface area contributed by atoms with Crippen LogP contribution in [0.25, 0.3) is 11.5 Å². The summed E-state index contributed by atoms with van der Waals surface area (Å²) in [6.07, 6.45) is 0. The summed E-state index contributed by atoms with van der Waals surface area (Å²) in [5.74, 6) is 1.33. The van der Waals surface area contributed by atoms with Crippen LogP contribution in [0.2, 0.25) is 5.02 Å². The van der Waals surface area contributed by atoms with E-state index in [0.29, 0.717) is 24.1 Å². The molecule has 7 heteroatoms. The number of rotatable bonds is 6. The summed E-state index contributed by atoms with van der Waals surface area (Å²) >= 11 is 6.65. The maximum atomic E-state index is 6.69. The van der Waals surface area contributed by atoms with Gasteiger partial charge in [-0.2, -0.15) is 4.98 Å².